The van der Waals surface area contributed by atoms with E-state index in [2.05, 4.69) is 155 Å². The molecule has 0 bridgehead atoms. The molecule has 0 radical (unpaired) electrons. The van der Waals surface area contributed by atoms with Crippen molar-refractivity contribution in [2.75, 3.05) is 13.1 Å². The van der Waals surface area contributed by atoms with Crippen LogP contribution >= 0.6 is 139 Å². The number of alkyl halides is 12. The molecule has 8 aromatic rings. The van der Waals surface area contributed by atoms with E-state index in [1.807, 2.05) is 0 Å². The fraction of sp³-hybridized carbons (Fsp3) is 0.217. The van der Waals surface area contributed by atoms with Crippen LogP contribution in [0, 0.1) is 0 Å². The van der Waals surface area contributed by atoms with Crippen LogP contribution in [0.4, 0.5) is 0 Å². The number of para-hydroxylation sites is 4. The molecule has 0 aliphatic heterocycles. The summed E-state index contributed by atoms with van der Waals surface area (Å²) in [6.07, 6.45) is 0. The monoisotopic (exact) mass is 1100 g/mol. The van der Waals surface area contributed by atoms with Gasteiger partial charge in [-0.05, 0) is 48.5 Å². The molecule has 0 aliphatic rings. The Morgan fingerprint density at radius 2 is 0.469 bits per heavy atom. The lowest BCUT2D eigenvalue weighted by Gasteiger charge is -2.27. The van der Waals surface area contributed by atoms with Crippen molar-refractivity contribution in [3.05, 3.63) is 168 Å². The van der Waals surface area contributed by atoms with Crippen LogP contribution in [0.2, 0.25) is 0 Å². The molecular weight excluding hydrogens is 1060 g/mol. The van der Waals surface area contributed by atoms with Crippen molar-refractivity contribution in [1.29, 1.82) is 0 Å². The minimum atomic E-state index is -0.750. The summed E-state index contributed by atoms with van der Waals surface area (Å²) >= 11 is 57.7. The lowest BCUT2D eigenvalue weighted by Crippen LogP contribution is -2.35. The smallest absolute Gasteiger partial charge is 0.180 e. The highest BCUT2D eigenvalue weighted by molar-refractivity contribution is 6.64. The minimum Gasteiger partial charge on any atom is -0.290 e. The zero-order valence-corrected chi connectivity index (χ0v) is 42.7. The van der Waals surface area contributed by atoms with E-state index >= 15 is 0 Å². The largest absolute Gasteiger partial charge is 0.290 e. The molecule has 0 amide bonds. The fourth-order valence-electron chi connectivity index (χ4n) is 6.41. The van der Waals surface area contributed by atoms with Crippen molar-refractivity contribution in [2.24, 2.45) is 0 Å². The molecule has 0 aliphatic carbocycles. The van der Waals surface area contributed by atoms with Crippen LogP contribution in [-0.2, 0) is 26.2 Å². The highest BCUT2D eigenvalue weighted by Crippen LogP contribution is 2.20. The zero-order chi connectivity index (χ0) is 46.4. The van der Waals surface area contributed by atoms with Gasteiger partial charge in [0.15, 0.2) is 17.2 Å². The zero-order valence-electron chi connectivity index (χ0n) is 33.6. The fourth-order valence-corrected chi connectivity index (χ4v) is 6.41. The Bertz CT molecular complexity index is 2240. The van der Waals surface area contributed by atoms with Gasteiger partial charge in [-0.3, -0.25) is 29.7 Å². The second kappa shape index (κ2) is 29.6. The number of pyridine rings is 4. The van der Waals surface area contributed by atoms with Gasteiger partial charge in [-0.25, -0.2) is 0 Å². The highest BCUT2D eigenvalue weighted by atomic mass is 35.6. The van der Waals surface area contributed by atoms with Crippen molar-refractivity contribution in [3.8, 4) is 0 Å². The molecule has 4 heterocycles. The van der Waals surface area contributed by atoms with Gasteiger partial charge < -0.3 is 0 Å². The number of aromatic nitrogens is 4. The first-order chi connectivity index (χ1) is 30.6. The Balaban J connectivity index is 0.000000487. The molecule has 0 saturated carbocycles. The van der Waals surface area contributed by atoms with E-state index < -0.39 is 17.2 Å². The molecule has 64 heavy (non-hydrogen) atoms. The van der Waals surface area contributed by atoms with Crippen LogP contribution in [0.15, 0.2) is 146 Å². The third kappa shape index (κ3) is 21.3. The Morgan fingerprint density at radius 3 is 0.672 bits per heavy atom. The van der Waals surface area contributed by atoms with E-state index in [1.54, 1.807) is 0 Å². The summed E-state index contributed by atoms with van der Waals surface area (Å²) < 4.78 is -3.00. The number of hydrogen-bond donors (Lipinski definition) is 0. The Morgan fingerprint density at radius 1 is 0.281 bits per heavy atom. The number of nitrogens with zero attached hydrogens (tertiary/aromatic N) is 6. The first-order valence-electron chi connectivity index (χ1n) is 19.2. The maximum absolute atomic E-state index is 5.03. The van der Waals surface area contributed by atoms with Gasteiger partial charge in [0.25, 0.3) is 0 Å². The number of fused-ring (bicyclic) bond motifs is 4. The third-order valence-corrected chi connectivity index (χ3v) is 8.90. The summed E-state index contributed by atoms with van der Waals surface area (Å²) in [7, 11) is 0. The van der Waals surface area contributed by atoms with Gasteiger partial charge >= 0.3 is 0 Å². The predicted octanol–water partition coefficient (Wildman–Crippen LogP) is 16.5. The van der Waals surface area contributed by atoms with Crippen LogP contribution in [0.5, 0.6) is 0 Å². The predicted molar refractivity (Wildman–Crippen MR) is 281 cm³/mol. The topological polar surface area (TPSA) is 58.0 Å². The summed E-state index contributed by atoms with van der Waals surface area (Å²) in [4.78, 5) is 25.0. The SMILES string of the molecule is ClC(Cl)Cl.ClC(Cl)Cl.ClC(Cl)Cl.ClC(Cl)Cl.c1ccc2nc(CN(CCN(Cc3ccc4ccccc4n3)Cc3ccc4ccccc4n3)Cc3ccc4ccccc4n3)ccc2c1. The molecule has 0 fully saturated rings. The maximum Gasteiger partial charge on any atom is 0.180 e. The van der Waals surface area contributed by atoms with Gasteiger partial charge in [-0.15, -0.1) is 0 Å². The summed E-state index contributed by atoms with van der Waals surface area (Å²) in [5.74, 6) is 0. The quantitative estimate of drug-likeness (QED) is 0.120. The van der Waals surface area contributed by atoms with Gasteiger partial charge in [-0.2, -0.15) is 0 Å². The first kappa shape index (κ1) is 54.5. The van der Waals surface area contributed by atoms with Gasteiger partial charge in [0.05, 0.1) is 44.8 Å². The summed E-state index contributed by atoms with van der Waals surface area (Å²) in [6.45, 7) is 4.52. The normalized spacial score (nSPS) is 11.1. The highest BCUT2D eigenvalue weighted by Gasteiger charge is 2.16. The average Bonchev–Trinajstić information content (AvgIpc) is 3.24. The van der Waals surface area contributed by atoms with E-state index in [-0.39, 0.29) is 0 Å². The molecule has 8 rings (SSSR count). The van der Waals surface area contributed by atoms with Gasteiger partial charge in [0.1, 0.15) is 0 Å². The first-order valence-corrected chi connectivity index (χ1v) is 24.4. The Kier molecular flexibility index (Phi) is 25.2. The van der Waals surface area contributed by atoms with Crippen LogP contribution < -0.4 is 0 Å². The second-order valence-electron chi connectivity index (χ2n) is 13.4. The van der Waals surface area contributed by atoms with E-state index in [1.165, 1.54) is 0 Å². The lowest BCUT2D eigenvalue weighted by atomic mass is 10.1. The van der Waals surface area contributed by atoms with Crippen LogP contribution in [-0.4, -0.2) is 60.0 Å². The van der Waals surface area contributed by atoms with Crippen LogP contribution in [0.25, 0.3) is 43.6 Å². The summed E-state index contributed by atoms with van der Waals surface area (Å²) in [5, 5.41) is 4.61. The molecular formula is C46H40Cl12N6. The Labute approximate surface area is 433 Å². The number of benzene rings is 4. The van der Waals surface area contributed by atoms with Crippen molar-refractivity contribution in [3.63, 3.8) is 0 Å². The summed E-state index contributed by atoms with van der Waals surface area (Å²) in [5.41, 5.74) is 8.27. The molecule has 0 unspecified atom stereocenters. The van der Waals surface area contributed by atoms with E-state index in [0.717, 1.165) is 106 Å². The number of halogens is 12. The molecule has 338 valence electrons. The van der Waals surface area contributed by atoms with E-state index in [4.69, 9.17) is 159 Å². The minimum absolute atomic E-state index is 0.718. The van der Waals surface area contributed by atoms with Gasteiger partial charge in [0.2, 0.25) is 0 Å². The number of hydrogen-bond acceptors (Lipinski definition) is 6. The maximum atomic E-state index is 5.03. The second-order valence-corrected chi connectivity index (χ2v) is 21.3. The van der Waals surface area contributed by atoms with Crippen molar-refractivity contribution < 1.29 is 0 Å². The van der Waals surface area contributed by atoms with Crippen molar-refractivity contribution in [2.45, 2.75) is 43.4 Å². The van der Waals surface area contributed by atoms with Crippen molar-refractivity contribution in [1.82, 2.24) is 29.7 Å². The van der Waals surface area contributed by atoms with Gasteiger partial charge in [0, 0.05) is 60.8 Å². The van der Waals surface area contributed by atoms with Crippen LogP contribution in [0.3, 0.4) is 0 Å². The van der Waals surface area contributed by atoms with Crippen molar-refractivity contribution >= 4 is 183 Å². The number of rotatable bonds is 11. The molecule has 0 spiro atoms. The average molecular weight is 1100 g/mol. The molecule has 4 aromatic heterocycles. The molecule has 0 saturated heterocycles. The molecule has 6 nitrogen and oxygen atoms in total. The molecule has 0 atom stereocenters. The summed E-state index contributed by atoms with van der Waals surface area (Å²) in [6, 6.07) is 50.5. The standard InChI is InChI=1S/C42H36N6.4CHCl3/c1-5-13-39-31(9-1)17-21-35(43-39)27-47(28-36-22-18-32-10-2-6-14-40(32)44-36)25-26-48(29-37-23-19-33-11-3-7-15-41(33)45-37)30-38-24-20-34-12-4-8-16-42(34)46-38;4*2-1(3)4/h1-24H,25-30H2;4*1H. The lowest BCUT2D eigenvalue weighted by molar-refractivity contribution is 0.178. The van der Waals surface area contributed by atoms with E-state index in [0.29, 0.717) is 0 Å². The Hall–Kier alpha value is -2.08. The molecule has 18 heteroatoms. The third-order valence-electron chi connectivity index (χ3n) is 8.90. The molecule has 0 N–H and O–H groups in total. The van der Waals surface area contributed by atoms with E-state index in [9.17, 15) is 0 Å². The van der Waals surface area contributed by atoms with Gasteiger partial charge in [-0.1, -0.05) is 236 Å². The van der Waals surface area contributed by atoms with Crippen LogP contribution in [0.1, 0.15) is 22.8 Å². The molecule has 4 aromatic carbocycles.